The number of nitriles is 1. The summed E-state index contributed by atoms with van der Waals surface area (Å²) in [4.78, 5) is -0.0229. The van der Waals surface area contributed by atoms with Gasteiger partial charge in [0.05, 0.1) is 14.9 Å². The summed E-state index contributed by atoms with van der Waals surface area (Å²) in [6.07, 6.45) is 0. The Kier molecular flexibility index (Phi) is 4.09. The van der Waals surface area contributed by atoms with Crippen molar-refractivity contribution in [3.05, 3.63) is 52.5 Å². The molecule has 0 saturated heterocycles. The molecule has 2 N–H and O–H groups in total. The second-order valence-corrected chi connectivity index (χ2v) is 6.26. The molecule has 5 nitrogen and oxygen atoms in total. The van der Waals surface area contributed by atoms with E-state index in [0.717, 1.165) is 0 Å². The standard InChI is InChI=1S/C13H9BrN2O3S/c14-11-7-10(20(16,17)18)5-6-13(11)19-12-4-2-1-3-9(12)8-15/h1-7H,(H2,16,17,18). The number of hydrogen-bond donors (Lipinski definition) is 1. The van der Waals surface area contributed by atoms with Gasteiger partial charge in [0.1, 0.15) is 17.6 Å². The maximum atomic E-state index is 11.2. The molecule has 0 unspecified atom stereocenters. The molecule has 0 atom stereocenters. The van der Waals surface area contributed by atoms with Crippen molar-refractivity contribution in [1.29, 1.82) is 5.26 Å². The van der Waals surface area contributed by atoms with E-state index < -0.39 is 10.0 Å². The highest BCUT2D eigenvalue weighted by Gasteiger charge is 2.12. The van der Waals surface area contributed by atoms with Crippen LogP contribution in [0.25, 0.3) is 0 Å². The van der Waals surface area contributed by atoms with E-state index in [9.17, 15) is 8.42 Å². The Bertz CT molecular complexity index is 798. The van der Waals surface area contributed by atoms with Gasteiger partial charge in [-0.25, -0.2) is 13.6 Å². The summed E-state index contributed by atoms with van der Waals surface area (Å²) >= 11 is 3.22. The molecule has 0 aliphatic heterocycles. The lowest BCUT2D eigenvalue weighted by Crippen LogP contribution is -2.11. The highest BCUT2D eigenvalue weighted by Crippen LogP contribution is 2.32. The lowest BCUT2D eigenvalue weighted by Gasteiger charge is -2.09. The minimum atomic E-state index is -3.77. The van der Waals surface area contributed by atoms with Crippen LogP contribution in [-0.2, 0) is 10.0 Å². The Morgan fingerprint density at radius 1 is 1.15 bits per heavy atom. The van der Waals surface area contributed by atoms with E-state index in [1.165, 1.54) is 18.2 Å². The summed E-state index contributed by atoms with van der Waals surface area (Å²) in [6, 6.07) is 12.9. The molecule has 2 rings (SSSR count). The van der Waals surface area contributed by atoms with Crippen molar-refractivity contribution in [3.8, 4) is 17.6 Å². The number of primary sulfonamides is 1. The molecule has 0 spiro atoms. The van der Waals surface area contributed by atoms with Crippen LogP contribution in [0, 0.1) is 11.3 Å². The maximum Gasteiger partial charge on any atom is 0.238 e. The molecule has 0 aromatic heterocycles. The zero-order valence-corrected chi connectivity index (χ0v) is 12.5. The molecule has 0 aliphatic carbocycles. The fraction of sp³-hybridized carbons (Fsp3) is 0. The lowest BCUT2D eigenvalue weighted by molar-refractivity contribution is 0.477. The van der Waals surface area contributed by atoms with Crippen LogP contribution in [0.5, 0.6) is 11.5 Å². The average Bonchev–Trinajstić information content (AvgIpc) is 2.40. The molecule has 0 saturated carbocycles. The number of nitrogens with two attached hydrogens (primary N) is 1. The fourth-order valence-corrected chi connectivity index (χ4v) is 2.66. The van der Waals surface area contributed by atoms with Crippen LogP contribution >= 0.6 is 15.9 Å². The topological polar surface area (TPSA) is 93.2 Å². The summed E-state index contributed by atoms with van der Waals surface area (Å²) in [7, 11) is -3.77. The molecule has 0 bridgehead atoms. The zero-order chi connectivity index (χ0) is 14.8. The van der Waals surface area contributed by atoms with Gasteiger partial charge in [-0.2, -0.15) is 5.26 Å². The highest BCUT2D eigenvalue weighted by atomic mass is 79.9. The van der Waals surface area contributed by atoms with Crippen molar-refractivity contribution in [2.24, 2.45) is 5.14 Å². The number of para-hydroxylation sites is 1. The number of benzene rings is 2. The SMILES string of the molecule is N#Cc1ccccc1Oc1ccc(S(N)(=O)=O)cc1Br. The van der Waals surface area contributed by atoms with Crippen molar-refractivity contribution in [1.82, 2.24) is 0 Å². The number of ether oxygens (including phenoxy) is 1. The van der Waals surface area contributed by atoms with Gasteiger partial charge >= 0.3 is 0 Å². The molecule has 2 aromatic carbocycles. The molecule has 20 heavy (non-hydrogen) atoms. The van der Waals surface area contributed by atoms with E-state index >= 15 is 0 Å². The van der Waals surface area contributed by atoms with Crippen molar-refractivity contribution >= 4 is 26.0 Å². The van der Waals surface area contributed by atoms with Gasteiger partial charge < -0.3 is 4.74 Å². The summed E-state index contributed by atoms with van der Waals surface area (Å²) in [5.74, 6) is 0.777. The van der Waals surface area contributed by atoms with Gasteiger partial charge in [-0.3, -0.25) is 0 Å². The van der Waals surface area contributed by atoms with E-state index in [2.05, 4.69) is 15.9 Å². The van der Waals surface area contributed by atoms with Crippen molar-refractivity contribution in [2.45, 2.75) is 4.90 Å². The maximum absolute atomic E-state index is 11.2. The van der Waals surface area contributed by atoms with Crippen LogP contribution < -0.4 is 9.88 Å². The molecule has 0 aliphatic rings. The Hall–Kier alpha value is -1.88. The van der Waals surface area contributed by atoms with Crippen LogP contribution in [0.2, 0.25) is 0 Å². The van der Waals surface area contributed by atoms with Gasteiger partial charge in [0.15, 0.2) is 0 Å². The first-order valence-electron chi connectivity index (χ1n) is 5.41. The van der Waals surface area contributed by atoms with E-state index in [0.29, 0.717) is 21.5 Å². The second kappa shape index (κ2) is 5.63. The van der Waals surface area contributed by atoms with E-state index in [-0.39, 0.29) is 4.90 Å². The van der Waals surface area contributed by atoms with Crippen LogP contribution in [-0.4, -0.2) is 8.42 Å². The Morgan fingerprint density at radius 3 is 2.45 bits per heavy atom. The Balaban J connectivity index is 2.39. The number of sulfonamides is 1. The quantitative estimate of drug-likeness (QED) is 0.918. The minimum absolute atomic E-state index is 0.0229. The summed E-state index contributed by atoms with van der Waals surface area (Å²) < 4.78 is 28.5. The van der Waals surface area contributed by atoms with Crippen LogP contribution in [0.3, 0.4) is 0 Å². The second-order valence-electron chi connectivity index (χ2n) is 3.85. The van der Waals surface area contributed by atoms with E-state index in [4.69, 9.17) is 15.1 Å². The molecule has 2 aromatic rings. The van der Waals surface area contributed by atoms with Crippen molar-refractivity contribution < 1.29 is 13.2 Å². The van der Waals surface area contributed by atoms with Gasteiger partial charge in [0, 0.05) is 0 Å². The first-order valence-corrected chi connectivity index (χ1v) is 7.75. The van der Waals surface area contributed by atoms with Crippen LogP contribution in [0.1, 0.15) is 5.56 Å². The molecule has 0 heterocycles. The molecule has 102 valence electrons. The first kappa shape index (κ1) is 14.5. The summed E-state index contributed by atoms with van der Waals surface area (Å²) in [5, 5.41) is 14.0. The number of halogens is 1. The predicted molar refractivity (Wildman–Crippen MR) is 76.7 cm³/mol. The molecule has 0 fully saturated rings. The van der Waals surface area contributed by atoms with Gasteiger partial charge in [0.2, 0.25) is 10.0 Å². The van der Waals surface area contributed by atoms with Gasteiger partial charge in [-0.1, -0.05) is 12.1 Å². The third-order valence-electron chi connectivity index (χ3n) is 2.46. The first-order chi connectivity index (χ1) is 9.41. The highest BCUT2D eigenvalue weighted by molar-refractivity contribution is 9.10. The summed E-state index contributed by atoms with van der Waals surface area (Å²) in [5.41, 5.74) is 0.384. The smallest absolute Gasteiger partial charge is 0.238 e. The Labute approximate surface area is 124 Å². The monoisotopic (exact) mass is 352 g/mol. The van der Waals surface area contributed by atoms with Gasteiger partial charge in [-0.05, 0) is 46.3 Å². The zero-order valence-electron chi connectivity index (χ0n) is 10.1. The number of hydrogen-bond acceptors (Lipinski definition) is 4. The lowest BCUT2D eigenvalue weighted by atomic mass is 10.2. The average molecular weight is 353 g/mol. The molecular weight excluding hydrogens is 344 g/mol. The molecule has 0 amide bonds. The van der Waals surface area contributed by atoms with Crippen LogP contribution in [0.4, 0.5) is 0 Å². The van der Waals surface area contributed by atoms with Crippen molar-refractivity contribution in [3.63, 3.8) is 0 Å². The van der Waals surface area contributed by atoms with Gasteiger partial charge in [0.25, 0.3) is 0 Å². The van der Waals surface area contributed by atoms with Gasteiger partial charge in [-0.15, -0.1) is 0 Å². The largest absolute Gasteiger partial charge is 0.455 e. The minimum Gasteiger partial charge on any atom is -0.455 e. The molecular formula is C13H9BrN2O3S. The Morgan fingerprint density at radius 2 is 1.85 bits per heavy atom. The third-order valence-corrected chi connectivity index (χ3v) is 3.99. The van der Waals surface area contributed by atoms with Crippen LogP contribution in [0.15, 0.2) is 51.8 Å². The van der Waals surface area contributed by atoms with E-state index in [1.807, 2.05) is 6.07 Å². The summed E-state index contributed by atoms with van der Waals surface area (Å²) in [6.45, 7) is 0. The number of nitrogens with zero attached hydrogens (tertiary/aromatic N) is 1. The normalized spacial score (nSPS) is 10.8. The molecule has 0 radical (unpaired) electrons. The van der Waals surface area contributed by atoms with E-state index in [1.54, 1.807) is 24.3 Å². The third kappa shape index (κ3) is 3.17. The molecule has 7 heteroatoms. The predicted octanol–water partition coefficient (Wildman–Crippen LogP) is 2.76. The fourth-order valence-electron chi connectivity index (χ4n) is 1.51. The van der Waals surface area contributed by atoms with Crippen molar-refractivity contribution in [2.75, 3.05) is 0 Å². The number of rotatable bonds is 3.